The second-order valence-electron chi connectivity index (χ2n) is 8.72. The minimum atomic E-state index is -2.75. The van der Waals surface area contributed by atoms with Crippen LogP contribution in [-0.4, -0.2) is 37.4 Å². The van der Waals surface area contributed by atoms with Gasteiger partial charge in [-0.25, -0.2) is 23.7 Å². The number of alkyl halides is 2. The van der Waals surface area contributed by atoms with Crippen molar-refractivity contribution in [1.82, 2.24) is 24.4 Å². The highest BCUT2D eigenvalue weighted by Crippen LogP contribution is 2.45. The van der Waals surface area contributed by atoms with Gasteiger partial charge in [0, 0.05) is 29.5 Å². The number of benzene rings is 1. The number of nitrogens with zero attached hydrogens (tertiary/aromatic N) is 5. The van der Waals surface area contributed by atoms with Crippen LogP contribution in [0.25, 0.3) is 33.7 Å². The van der Waals surface area contributed by atoms with E-state index in [1.54, 1.807) is 18.0 Å². The van der Waals surface area contributed by atoms with Crippen LogP contribution in [0, 0.1) is 0 Å². The summed E-state index contributed by atoms with van der Waals surface area (Å²) in [6, 6.07) is 6.62. The molecule has 1 amide bonds. The van der Waals surface area contributed by atoms with E-state index in [2.05, 4.69) is 14.5 Å². The molecule has 1 atom stereocenters. The van der Waals surface area contributed by atoms with Crippen molar-refractivity contribution in [3.63, 3.8) is 0 Å². The molecule has 4 aromatic rings. The van der Waals surface area contributed by atoms with E-state index in [1.165, 1.54) is 18.5 Å². The molecule has 168 valence electrons. The minimum absolute atomic E-state index is 0.0316. The largest absolute Gasteiger partial charge is 0.443 e. The van der Waals surface area contributed by atoms with Crippen molar-refractivity contribution in [2.45, 2.75) is 44.7 Å². The Balaban J connectivity index is 1.60. The van der Waals surface area contributed by atoms with Crippen molar-refractivity contribution < 1.29 is 18.0 Å². The van der Waals surface area contributed by atoms with E-state index in [4.69, 9.17) is 9.40 Å². The van der Waals surface area contributed by atoms with Gasteiger partial charge in [-0.3, -0.25) is 4.79 Å². The third-order valence-electron chi connectivity index (χ3n) is 6.50. The number of halogens is 2. The van der Waals surface area contributed by atoms with Crippen molar-refractivity contribution in [2.24, 2.45) is 0 Å². The van der Waals surface area contributed by atoms with Gasteiger partial charge < -0.3 is 13.9 Å². The minimum Gasteiger partial charge on any atom is -0.443 e. The average Bonchev–Trinajstić information content (AvgIpc) is 3.36. The Hall–Kier alpha value is -3.62. The molecule has 2 aliphatic rings. The molecule has 1 fully saturated rings. The van der Waals surface area contributed by atoms with Crippen molar-refractivity contribution in [3.05, 3.63) is 53.8 Å². The zero-order valence-corrected chi connectivity index (χ0v) is 18.1. The summed E-state index contributed by atoms with van der Waals surface area (Å²) in [5, 5.41) is 0.582. The lowest BCUT2D eigenvalue weighted by molar-refractivity contribution is -0.135. The summed E-state index contributed by atoms with van der Waals surface area (Å²) in [4.78, 5) is 27.9. The van der Waals surface area contributed by atoms with Crippen LogP contribution in [-0.2, 0) is 11.3 Å². The lowest BCUT2D eigenvalue weighted by Gasteiger charge is -2.31. The zero-order valence-electron chi connectivity index (χ0n) is 18.1. The number of fused-ring (bicyclic) bond motifs is 2. The van der Waals surface area contributed by atoms with Crippen LogP contribution in [0.4, 0.5) is 8.78 Å². The summed E-state index contributed by atoms with van der Waals surface area (Å²) >= 11 is 0. The number of carbonyl (C=O) groups excluding carboxylic acids is 1. The van der Waals surface area contributed by atoms with Gasteiger partial charge in [0.05, 0.1) is 29.6 Å². The standard InChI is InChI=1S/C24H21F2N5O2/c1-12-24(32)30(2)11-18-19(29-22(31(12)18)13-6-7-13)14-4-3-5-17-15(14)10-16(21(25)26)20(28-17)23-27-8-9-33-23/h3-5,8-10,12-13,21H,6-7,11H2,1-2H3. The number of pyridine rings is 1. The van der Waals surface area contributed by atoms with Gasteiger partial charge in [-0.2, -0.15) is 0 Å². The molecule has 1 aliphatic heterocycles. The smallest absolute Gasteiger partial charge is 0.266 e. The fourth-order valence-electron chi connectivity index (χ4n) is 4.74. The molecular weight excluding hydrogens is 428 g/mol. The monoisotopic (exact) mass is 449 g/mol. The summed E-state index contributed by atoms with van der Waals surface area (Å²) in [5.41, 5.74) is 2.71. The van der Waals surface area contributed by atoms with Crippen LogP contribution in [0.5, 0.6) is 0 Å². The number of oxazole rings is 1. The van der Waals surface area contributed by atoms with Crippen molar-refractivity contribution >= 4 is 16.8 Å². The number of amides is 1. The summed E-state index contributed by atoms with van der Waals surface area (Å²) in [6.07, 6.45) is 2.07. The molecule has 0 spiro atoms. The SMILES string of the molecule is CC1C(=O)N(C)Cc2c(-c3cccc4nc(-c5ncco5)c(C(F)F)cc34)nc(C3CC3)n21. The molecule has 9 heteroatoms. The van der Waals surface area contributed by atoms with Gasteiger partial charge in [-0.15, -0.1) is 0 Å². The Morgan fingerprint density at radius 3 is 2.70 bits per heavy atom. The second kappa shape index (κ2) is 7.19. The molecule has 1 unspecified atom stereocenters. The van der Waals surface area contributed by atoms with Gasteiger partial charge in [0.1, 0.15) is 23.8 Å². The van der Waals surface area contributed by atoms with Crippen LogP contribution in [0.1, 0.15) is 55.2 Å². The Morgan fingerprint density at radius 2 is 2.00 bits per heavy atom. The van der Waals surface area contributed by atoms with Crippen LogP contribution in [0.15, 0.2) is 41.1 Å². The Kier molecular flexibility index (Phi) is 4.36. The third-order valence-corrected chi connectivity index (χ3v) is 6.50. The van der Waals surface area contributed by atoms with Gasteiger partial charge in [0.2, 0.25) is 11.8 Å². The maximum Gasteiger partial charge on any atom is 0.266 e. The van der Waals surface area contributed by atoms with Crippen LogP contribution < -0.4 is 0 Å². The number of carbonyl (C=O) groups is 1. The molecule has 1 aromatic carbocycles. The number of imidazole rings is 1. The third kappa shape index (κ3) is 3.06. The Bertz CT molecular complexity index is 1390. The van der Waals surface area contributed by atoms with Gasteiger partial charge in [-0.1, -0.05) is 12.1 Å². The topological polar surface area (TPSA) is 77.1 Å². The highest BCUT2D eigenvalue weighted by atomic mass is 19.3. The quantitative estimate of drug-likeness (QED) is 0.433. The fraction of sp³-hybridized carbons (Fsp3) is 0.333. The van der Waals surface area contributed by atoms with Gasteiger partial charge in [-0.05, 0) is 31.9 Å². The Labute approximate surface area is 188 Å². The lowest BCUT2D eigenvalue weighted by Crippen LogP contribution is -2.39. The molecule has 0 saturated heterocycles. The van der Waals surface area contributed by atoms with E-state index < -0.39 is 6.43 Å². The van der Waals surface area contributed by atoms with Gasteiger partial charge >= 0.3 is 0 Å². The molecular formula is C24H21F2N5O2. The molecule has 4 heterocycles. The van der Waals surface area contributed by atoms with E-state index in [0.29, 0.717) is 23.4 Å². The van der Waals surface area contributed by atoms with Crippen LogP contribution in [0.3, 0.4) is 0 Å². The number of rotatable bonds is 4. The Morgan fingerprint density at radius 1 is 1.18 bits per heavy atom. The molecule has 33 heavy (non-hydrogen) atoms. The summed E-state index contributed by atoms with van der Waals surface area (Å²) in [5.74, 6) is 1.34. The molecule has 7 nitrogen and oxygen atoms in total. The molecule has 0 radical (unpaired) electrons. The first-order chi connectivity index (χ1) is 15.9. The summed E-state index contributed by atoms with van der Waals surface area (Å²) < 4.78 is 35.4. The molecule has 1 aliphatic carbocycles. The summed E-state index contributed by atoms with van der Waals surface area (Å²) in [6.45, 7) is 2.30. The maximum absolute atomic E-state index is 14.0. The van der Waals surface area contributed by atoms with E-state index >= 15 is 0 Å². The van der Waals surface area contributed by atoms with E-state index in [-0.39, 0.29) is 29.1 Å². The lowest BCUT2D eigenvalue weighted by atomic mass is 10.00. The predicted molar refractivity (Wildman–Crippen MR) is 117 cm³/mol. The first-order valence-corrected chi connectivity index (χ1v) is 10.9. The van der Waals surface area contributed by atoms with Crippen molar-refractivity contribution in [2.75, 3.05) is 7.05 Å². The fourth-order valence-corrected chi connectivity index (χ4v) is 4.74. The predicted octanol–water partition coefficient (Wildman–Crippen LogP) is 5.10. The molecule has 3 aromatic heterocycles. The zero-order chi connectivity index (χ0) is 22.9. The average molecular weight is 449 g/mol. The van der Waals surface area contributed by atoms with Crippen molar-refractivity contribution in [1.29, 1.82) is 0 Å². The van der Waals surface area contributed by atoms with Gasteiger partial charge in [0.15, 0.2) is 0 Å². The van der Waals surface area contributed by atoms with Crippen LogP contribution in [0.2, 0.25) is 0 Å². The van der Waals surface area contributed by atoms with Crippen molar-refractivity contribution in [3.8, 4) is 22.8 Å². The normalized spacial score (nSPS) is 18.4. The highest BCUT2D eigenvalue weighted by molar-refractivity contribution is 5.96. The first kappa shape index (κ1) is 20.0. The second-order valence-corrected chi connectivity index (χ2v) is 8.72. The number of aromatic nitrogens is 4. The van der Waals surface area contributed by atoms with E-state index in [9.17, 15) is 13.6 Å². The van der Waals surface area contributed by atoms with Gasteiger partial charge in [0.25, 0.3) is 6.43 Å². The molecule has 0 N–H and O–H groups in total. The molecule has 0 bridgehead atoms. The maximum atomic E-state index is 14.0. The van der Waals surface area contributed by atoms with E-state index in [0.717, 1.165) is 35.6 Å². The molecule has 6 rings (SSSR count). The number of likely N-dealkylation sites (N-methyl/N-ethyl adjacent to an activating group) is 1. The highest BCUT2D eigenvalue weighted by Gasteiger charge is 2.38. The first-order valence-electron chi connectivity index (χ1n) is 10.9. The van der Waals surface area contributed by atoms with E-state index in [1.807, 2.05) is 19.1 Å². The number of hydrogen-bond donors (Lipinski definition) is 0. The number of hydrogen-bond acceptors (Lipinski definition) is 5. The summed E-state index contributed by atoms with van der Waals surface area (Å²) in [7, 11) is 1.78. The molecule has 1 saturated carbocycles. The van der Waals surface area contributed by atoms with Crippen LogP contribution >= 0.6 is 0 Å².